The number of rotatable bonds is 3. The molecule has 1 saturated carbocycles. The molecular weight excluding hydrogens is 268 g/mol. The molecule has 1 amide bonds. The fourth-order valence-electron chi connectivity index (χ4n) is 3.28. The quantitative estimate of drug-likeness (QED) is 0.863. The van der Waals surface area contributed by atoms with Crippen LogP contribution in [0.3, 0.4) is 0 Å². The van der Waals surface area contributed by atoms with Crippen molar-refractivity contribution in [1.29, 1.82) is 0 Å². The molecule has 3 rings (SSSR count). The zero-order chi connectivity index (χ0) is 14.7. The van der Waals surface area contributed by atoms with Gasteiger partial charge >= 0.3 is 0 Å². The average molecular weight is 290 g/mol. The van der Waals surface area contributed by atoms with E-state index in [-0.39, 0.29) is 18.0 Å². The summed E-state index contributed by atoms with van der Waals surface area (Å²) in [4.78, 5) is 23.0. The van der Waals surface area contributed by atoms with Crippen LogP contribution in [0.1, 0.15) is 38.5 Å². The van der Waals surface area contributed by atoms with Gasteiger partial charge in [-0.2, -0.15) is 0 Å². The molecule has 1 aromatic heterocycles. The van der Waals surface area contributed by atoms with Crippen LogP contribution in [0.2, 0.25) is 0 Å². The van der Waals surface area contributed by atoms with Crippen molar-refractivity contribution >= 4 is 11.9 Å². The minimum Gasteiger partial charge on any atom is -0.391 e. The Hall–Kier alpha value is -1.69. The second-order valence-corrected chi connectivity index (χ2v) is 5.87. The Morgan fingerprint density at radius 3 is 2.71 bits per heavy atom. The molecule has 2 N–H and O–H groups in total. The van der Waals surface area contributed by atoms with Gasteiger partial charge in [0.15, 0.2) is 0 Å². The van der Waals surface area contributed by atoms with E-state index in [0.29, 0.717) is 5.95 Å². The summed E-state index contributed by atoms with van der Waals surface area (Å²) in [6.07, 6.45) is 8.50. The molecule has 2 fully saturated rings. The summed E-state index contributed by atoms with van der Waals surface area (Å²) in [5.74, 6) is 0.602. The molecule has 0 spiro atoms. The molecule has 6 nitrogen and oxygen atoms in total. The number of aromatic nitrogens is 2. The van der Waals surface area contributed by atoms with Crippen LogP contribution in [0.15, 0.2) is 18.5 Å². The number of hydrogen-bond acceptors (Lipinski definition) is 5. The van der Waals surface area contributed by atoms with Crippen molar-refractivity contribution in [3.8, 4) is 0 Å². The SMILES string of the molecule is O=C(N[C@H]1CCCC[C@@H]1O)C1CCCN1c1ncccn1. The Morgan fingerprint density at radius 1 is 1.19 bits per heavy atom. The summed E-state index contributed by atoms with van der Waals surface area (Å²) in [6.45, 7) is 0.801. The average Bonchev–Trinajstić information content (AvgIpc) is 3.00. The second kappa shape index (κ2) is 6.39. The van der Waals surface area contributed by atoms with Gasteiger partial charge in [0.25, 0.3) is 0 Å². The summed E-state index contributed by atoms with van der Waals surface area (Å²) in [5.41, 5.74) is 0. The van der Waals surface area contributed by atoms with Crippen LogP contribution in [0.4, 0.5) is 5.95 Å². The van der Waals surface area contributed by atoms with E-state index in [0.717, 1.165) is 45.1 Å². The van der Waals surface area contributed by atoms with Crippen molar-refractivity contribution in [3.63, 3.8) is 0 Å². The number of carbonyl (C=O) groups is 1. The number of nitrogens with one attached hydrogen (secondary N) is 1. The highest BCUT2D eigenvalue weighted by molar-refractivity contribution is 5.85. The summed E-state index contributed by atoms with van der Waals surface area (Å²) < 4.78 is 0. The fraction of sp³-hybridized carbons (Fsp3) is 0.667. The number of nitrogens with zero attached hydrogens (tertiary/aromatic N) is 3. The minimum atomic E-state index is -0.412. The maximum absolute atomic E-state index is 12.5. The van der Waals surface area contributed by atoms with Gasteiger partial charge in [0.05, 0.1) is 12.1 Å². The van der Waals surface area contributed by atoms with Gasteiger partial charge in [-0.3, -0.25) is 4.79 Å². The van der Waals surface area contributed by atoms with Crippen molar-refractivity contribution < 1.29 is 9.90 Å². The highest BCUT2D eigenvalue weighted by atomic mass is 16.3. The van der Waals surface area contributed by atoms with Crippen molar-refractivity contribution in [2.24, 2.45) is 0 Å². The normalized spacial score (nSPS) is 29.4. The highest BCUT2D eigenvalue weighted by Crippen LogP contribution is 2.23. The van der Waals surface area contributed by atoms with Gasteiger partial charge in [-0.25, -0.2) is 9.97 Å². The summed E-state index contributed by atoms with van der Waals surface area (Å²) in [7, 11) is 0. The predicted octanol–water partition coefficient (Wildman–Crippen LogP) is 0.865. The first-order valence-electron chi connectivity index (χ1n) is 7.78. The van der Waals surface area contributed by atoms with Gasteiger partial charge in [0.2, 0.25) is 11.9 Å². The minimum absolute atomic E-state index is 0.00842. The van der Waals surface area contributed by atoms with E-state index in [1.165, 1.54) is 0 Å². The number of carbonyl (C=O) groups excluding carboxylic acids is 1. The van der Waals surface area contributed by atoms with Crippen molar-refractivity contribution in [2.45, 2.75) is 56.7 Å². The van der Waals surface area contributed by atoms with Gasteiger partial charge in [0.1, 0.15) is 6.04 Å². The van der Waals surface area contributed by atoms with E-state index in [1.54, 1.807) is 18.5 Å². The number of anilines is 1. The molecule has 0 radical (unpaired) electrons. The topological polar surface area (TPSA) is 78.4 Å². The molecule has 1 aliphatic carbocycles. The van der Waals surface area contributed by atoms with Crippen LogP contribution in [0, 0.1) is 0 Å². The van der Waals surface area contributed by atoms with Crippen LogP contribution < -0.4 is 10.2 Å². The van der Waals surface area contributed by atoms with E-state index < -0.39 is 6.10 Å². The number of amides is 1. The van der Waals surface area contributed by atoms with Gasteiger partial charge < -0.3 is 15.3 Å². The van der Waals surface area contributed by atoms with Crippen LogP contribution in [-0.4, -0.2) is 45.7 Å². The Bertz CT molecular complexity index is 482. The van der Waals surface area contributed by atoms with E-state index in [2.05, 4.69) is 15.3 Å². The van der Waals surface area contributed by atoms with Crippen molar-refractivity contribution in [3.05, 3.63) is 18.5 Å². The molecule has 1 unspecified atom stereocenters. The molecule has 1 aliphatic heterocycles. The Labute approximate surface area is 124 Å². The first-order valence-corrected chi connectivity index (χ1v) is 7.78. The van der Waals surface area contributed by atoms with Crippen LogP contribution >= 0.6 is 0 Å². The molecular formula is C15H22N4O2. The monoisotopic (exact) mass is 290 g/mol. The summed E-state index contributed by atoms with van der Waals surface area (Å²) in [6, 6.07) is 1.44. The smallest absolute Gasteiger partial charge is 0.243 e. The van der Waals surface area contributed by atoms with Crippen LogP contribution in [-0.2, 0) is 4.79 Å². The molecule has 6 heteroatoms. The molecule has 0 bridgehead atoms. The first kappa shape index (κ1) is 14.3. The predicted molar refractivity (Wildman–Crippen MR) is 78.8 cm³/mol. The third-order valence-electron chi connectivity index (χ3n) is 4.42. The van der Waals surface area contributed by atoms with Gasteiger partial charge in [-0.15, -0.1) is 0 Å². The maximum Gasteiger partial charge on any atom is 0.243 e. The summed E-state index contributed by atoms with van der Waals surface area (Å²) in [5, 5.41) is 13.0. The Morgan fingerprint density at radius 2 is 1.95 bits per heavy atom. The second-order valence-electron chi connectivity index (χ2n) is 5.87. The third-order valence-corrected chi connectivity index (χ3v) is 4.42. The molecule has 0 aromatic carbocycles. The van der Waals surface area contributed by atoms with Crippen LogP contribution in [0.25, 0.3) is 0 Å². The van der Waals surface area contributed by atoms with Gasteiger partial charge in [0, 0.05) is 18.9 Å². The maximum atomic E-state index is 12.5. The first-order chi connectivity index (χ1) is 10.3. The number of aliphatic hydroxyl groups excluding tert-OH is 1. The Kier molecular flexibility index (Phi) is 4.34. The van der Waals surface area contributed by atoms with E-state index in [1.807, 2.05) is 4.90 Å². The molecule has 2 heterocycles. The largest absolute Gasteiger partial charge is 0.391 e. The zero-order valence-electron chi connectivity index (χ0n) is 12.1. The molecule has 2 aliphatic rings. The molecule has 1 saturated heterocycles. The standard InChI is InChI=1S/C15H22N4O2/c20-13-7-2-1-5-11(13)18-14(21)12-6-3-10-19(12)15-16-8-4-9-17-15/h4,8-9,11-13,20H,1-3,5-7,10H2,(H,18,21)/t11-,12?,13-/m0/s1. The van der Waals surface area contributed by atoms with E-state index in [9.17, 15) is 9.90 Å². The molecule has 114 valence electrons. The van der Waals surface area contributed by atoms with Crippen molar-refractivity contribution in [2.75, 3.05) is 11.4 Å². The van der Waals surface area contributed by atoms with Gasteiger partial charge in [-0.1, -0.05) is 12.8 Å². The third kappa shape index (κ3) is 3.15. The number of hydrogen-bond donors (Lipinski definition) is 2. The van der Waals surface area contributed by atoms with E-state index in [4.69, 9.17) is 0 Å². The zero-order valence-corrected chi connectivity index (χ0v) is 12.1. The van der Waals surface area contributed by atoms with Crippen LogP contribution in [0.5, 0.6) is 0 Å². The highest BCUT2D eigenvalue weighted by Gasteiger charge is 2.34. The molecule has 3 atom stereocenters. The Balaban J connectivity index is 1.66. The lowest BCUT2D eigenvalue weighted by molar-refractivity contribution is -0.124. The lowest BCUT2D eigenvalue weighted by atomic mass is 9.92. The summed E-state index contributed by atoms with van der Waals surface area (Å²) >= 11 is 0. The lowest BCUT2D eigenvalue weighted by Gasteiger charge is -2.31. The fourth-order valence-corrected chi connectivity index (χ4v) is 3.28. The van der Waals surface area contributed by atoms with Crippen molar-refractivity contribution in [1.82, 2.24) is 15.3 Å². The van der Waals surface area contributed by atoms with Gasteiger partial charge in [-0.05, 0) is 31.7 Å². The molecule has 21 heavy (non-hydrogen) atoms. The molecule has 1 aromatic rings. The van der Waals surface area contributed by atoms with E-state index >= 15 is 0 Å². The number of aliphatic hydroxyl groups is 1. The lowest BCUT2D eigenvalue weighted by Crippen LogP contribution is -2.51.